The van der Waals surface area contributed by atoms with Crippen molar-refractivity contribution in [3.8, 4) is 0 Å². The highest BCUT2D eigenvalue weighted by molar-refractivity contribution is 6.17. The zero-order valence-electron chi connectivity index (χ0n) is 9.52. The van der Waals surface area contributed by atoms with Crippen molar-refractivity contribution in [2.45, 2.75) is 13.0 Å². The molecule has 0 unspecified atom stereocenters. The van der Waals surface area contributed by atoms with E-state index < -0.39 is 11.6 Å². The van der Waals surface area contributed by atoms with E-state index in [1.165, 1.54) is 6.07 Å². The van der Waals surface area contributed by atoms with Crippen molar-refractivity contribution >= 4 is 11.6 Å². The second-order valence-electron chi connectivity index (χ2n) is 3.58. The molecule has 0 aliphatic carbocycles. The minimum Gasteiger partial charge on any atom is -0.380 e. The van der Waals surface area contributed by atoms with Crippen LogP contribution >= 0.6 is 11.6 Å². The molecule has 0 radical (unpaired) electrons. The first-order valence-electron chi connectivity index (χ1n) is 5.52. The van der Waals surface area contributed by atoms with Crippen LogP contribution in [0.5, 0.6) is 0 Å². The van der Waals surface area contributed by atoms with Crippen LogP contribution in [0.3, 0.4) is 0 Å². The fourth-order valence-corrected chi connectivity index (χ4v) is 1.45. The quantitative estimate of drug-likeness (QED) is 0.575. The van der Waals surface area contributed by atoms with Crippen LogP contribution < -0.4 is 5.32 Å². The highest BCUT2D eigenvalue weighted by Crippen LogP contribution is 2.08. The smallest absolute Gasteiger partial charge is 0.159 e. The molecule has 0 heterocycles. The number of halogens is 3. The van der Waals surface area contributed by atoms with E-state index in [1.807, 2.05) is 0 Å². The number of ether oxygens (including phenoxy) is 1. The Morgan fingerprint density at radius 1 is 1.18 bits per heavy atom. The van der Waals surface area contributed by atoms with Gasteiger partial charge in [0, 0.05) is 19.0 Å². The number of nitrogens with one attached hydrogen (secondary N) is 1. The van der Waals surface area contributed by atoms with Gasteiger partial charge in [-0.1, -0.05) is 6.07 Å². The Bertz CT molecular complexity index is 336. The van der Waals surface area contributed by atoms with E-state index in [2.05, 4.69) is 5.32 Å². The molecule has 0 aliphatic heterocycles. The Morgan fingerprint density at radius 3 is 2.71 bits per heavy atom. The number of hydrogen-bond acceptors (Lipinski definition) is 2. The first-order valence-corrected chi connectivity index (χ1v) is 6.06. The summed E-state index contributed by atoms with van der Waals surface area (Å²) in [5, 5.41) is 3.12. The largest absolute Gasteiger partial charge is 0.380 e. The van der Waals surface area contributed by atoms with Gasteiger partial charge in [0.15, 0.2) is 11.6 Å². The van der Waals surface area contributed by atoms with Crippen LogP contribution in [0.1, 0.15) is 12.0 Å². The summed E-state index contributed by atoms with van der Waals surface area (Å²) in [6, 6.07) is 3.90. The van der Waals surface area contributed by atoms with E-state index in [0.717, 1.165) is 24.6 Å². The van der Waals surface area contributed by atoms with Gasteiger partial charge in [-0.05, 0) is 30.7 Å². The molecule has 1 aromatic rings. The van der Waals surface area contributed by atoms with Crippen LogP contribution in [0.15, 0.2) is 18.2 Å². The van der Waals surface area contributed by atoms with Crippen LogP contribution in [-0.2, 0) is 11.3 Å². The van der Waals surface area contributed by atoms with Gasteiger partial charge in [-0.15, -0.1) is 11.6 Å². The topological polar surface area (TPSA) is 21.3 Å². The highest BCUT2D eigenvalue weighted by Gasteiger charge is 2.01. The molecule has 0 aliphatic rings. The van der Waals surface area contributed by atoms with Gasteiger partial charge in [-0.25, -0.2) is 8.78 Å². The van der Waals surface area contributed by atoms with E-state index in [9.17, 15) is 8.78 Å². The average Bonchev–Trinajstić information content (AvgIpc) is 2.32. The fourth-order valence-electron chi connectivity index (χ4n) is 1.34. The Hall–Kier alpha value is -0.710. The van der Waals surface area contributed by atoms with Crippen LogP contribution in [0, 0.1) is 11.6 Å². The lowest BCUT2D eigenvalue weighted by molar-refractivity contribution is 0.146. The van der Waals surface area contributed by atoms with Crippen molar-refractivity contribution in [1.82, 2.24) is 5.32 Å². The van der Waals surface area contributed by atoms with Gasteiger partial charge >= 0.3 is 0 Å². The molecule has 96 valence electrons. The third-order valence-corrected chi connectivity index (χ3v) is 2.33. The molecule has 0 spiro atoms. The lowest BCUT2D eigenvalue weighted by atomic mass is 10.2. The SMILES string of the molecule is Fc1ccc(CNCCCOCCCl)cc1F. The van der Waals surface area contributed by atoms with Crippen LogP contribution in [0.2, 0.25) is 0 Å². The molecule has 17 heavy (non-hydrogen) atoms. The monoisotopic (exact) mass is 263 g/mol. The standard InChI is InChI=1S/C12H16ClF2NO/c13-4-7-17-6-1-5-16-9-10-2-3-11(14)12(15)8-10/h2-3,8,16H,1,4-7,9H2. The molecule has 2 nitrogen and oxygen atoms in total. The maximum absolute atomic E-state index is 12.9. The summed E-state index contributed by atoms with van der Waals surface area (Å²) in [6.07, 6.45) is 0.862. The zero-order valence-corrected chi connectivity index (χ0v) is 10.3. The summed E-state index contributed by atoms with van der Waals surface area (Å²) in [6.45, 7) is 2.50. The Morgan fingerprint density at radius 2 is 2.00 bits per heavy atom. The molecule has 0 fully saturated rings. The van der Waals surface area contributed by atoms with Gasteiger partial charge in [0.25, 0.3) is 0 Å². The Labute approximate surface area is 105 Å². The number of hydrogen-bond donors (Lipinski definition) is 1. The van der Waals surface area contributed by atoms with E-state index in [-0.39, 0.29) is 0 Å². The molecule has 0 saturated heterocycles. The van der Waals surface area contributed by atoms with Crippen LogP contribution in [0.4, 0.5) is 8.78 Å². The van der Waals surface area contributed by atoms with Crippen molar-refractivity contribution in [3.63, 3.8) is 0 Å². The molecule has 0 saturated carbocycles. The minimum atomic E-state index is -0.816. The predicted octanol–water partition coefficient (Wildman–Crippen LogP) is 2.70. The number of alkyl halides is 1. The maximum atomic E-state index is 12.9. The lowest BCUT2D eigenvalue weighted by Gasteiger charge is -2.05. The van der Waals surface area contributed by atoms with Crippen molar-refractivity contribution < 1.29 is 13.5 Å². The lowest BCUT2D eigenvalue weighted by Crippen LogP contribution is -2.16. The van der Waals surface area contributed by atoms with Crippen molar-refractivity contribution in [2.75, 3.05) is 25.6 Å². The third-order valence-electron chi connectivity index (χ3n) is 2.18. The molecule has 0 amide bonds. The molecule has 1 rings (SSSR count). The molecular formula is C12H16ClF2NO. The molecule has 1 aromatic carbocycles. The first-order chi connectivity index (χ1) is 8.24. The Balaban J connectivity index is 2.11. The van der Waals surface area contributed by atoms with E-state index >= 15 is 0 Å². The van der Waals surface area contributed by atoms with E-state index in [0.29, 0.717) is 25.6 Å². The normalized spacial score (nSPS) is 10.8. The average molecular weight is 264 g/mol. The molecule has 1 N–H and O–H groups in total. The second kappa shape index (κ2) is 8.39. The second-order valence-corrected chi connectivity index (χ2v) is 3.96. The van der Waals surface area contributed by atoms with Gasteiger partial charge in [0.1, 0.15) is 0 Å². The maximum Gasteiger partial charge on any atom is 0.159 e. The zero-order chi connectivity index (χ0) is 12.5. The fraction of sp³-hybridized carbons (Fsp3) is 0.500. The van der Waals surface area contributed by atoms with E-state index in [1.54, 1.807) is 6.07 Å². The summed E-state index contributed by atoms with van der Waals surface area (Å²) >= 11 is 5.44. The van der Waals surface area contributed by atoms with Gasteiger partial charge in [0.05, 0.1) is 6.61 Å². The van der Waals surface area contributed by atoms with Crippen molar-refractivity contribution in [2.24, 2.45) is 0 Å². The van der Waals surface area contributed by atoms with Gasteiger partial charge < -0.3 is 10.1 Å². The number of benzene rings is 1. The molecule has 0 aromatic heterocycles. The molecule has 0 atom stereocenters. The predicted molar refractivity (Wildman–Crippen MR) is 64.2 cm³/mol. The van der Waals surface area contributed by atoms with Gasteiger partial charge in [-0.2, -0.15) is 0 Å². The van der Waals surface area contributed by atoms with Gasteiger partial charge in [-0.3, -0.25) is 0 Å². The number of rotatable bonds is 8. The third kappa shape index (κ3) is 5.96. The van der Waals surface area contributed by atoms with Crippen molar-refractivity contribution in [1.29, 1.82) is 0 Å². The summed E-state index contributed by atoms with van der Waals surface area (Å²) in [5.41, 5.74) is 0.727. The summed E-state index contributed by atoms with van der Waals surface area (Å²) in [7, 11) is 0. The first kappa shape index (κ1) is 14.4. The highest BCUT2D eigenvalue weighted by atomic mass is 35.5. The molecule has 0 bridgehead atoms. The summed E-state index contributed by atoms with van der Waals surface area (Å²) < 4.78 is 30.7. The minimum absolute atomic E-state index is 0.502. The van der Waals surface area contributed by atoms with Crippen LogP contribution in [0.25, 0.3) is 0 Å². The summed E-state index contributed by atoms with van der Waals surface area (Å²) in [5.74, 6) is -1.12. The van der Waals surface area contributed by atoms with Crippen molar-refractivity contribution in [3.05, 3.63) is 35.4 Å². The van der Waals surface area contributed by atoms with E-state index in [4.69, 9.17) is 16.3 Å². The van der Waals surface area contributed by atoms with Crippen LogP contribution in [-0.4, -0.2) is 25.6 Å². The Kier molecular flexibility index (Phi) is 7.08. The summed E-state index contributed by atoms with van der Waals surface area (Å²) in [4.78, 5) is 0. The van der Waals surface area contributed by atoms with Gasteiger partial charge in [0.2, 0.25) is 0 Å². The molecule has 5 heteroatoms. The molecular weight excluding hydrogens is 248 g/mol.